The average Bonchev–Trinajstić information content (AvgIpc) is 3.28. The molecule has 120 valence electrons. The van der Waals surface area contributed by atoms with Crippen molar-refractivity contribution >= 4 is 5.91 Å². The van der Waals surface area contributed by atoms with Crippen LogP contribution >= 0.6 is 0 Å². The van der Waals surface area contributed by atoms with Crippen molar-refractivity contribution in [2.24, 2.45) is 0 Å². The Kier molecular flexibility index (Phi) is 4.22. The van der Waals surface area contributed by atoms with Gasteiger partial charge in [-0.25, -0.2) is 0 Å². The monoisotopic (exact) mass is 313 g/mol. The largest absolute Gasteiger partial charge is 0.334 e. The molecule has 0 unspecified atom stereocenters. The third kappa shape index (κ3) is 3.47. The van der Waals surface area contributed by atoms with Gasteiger partial charge in [-0.15, -0.1) is 0 Å². The van der Waals surface area contributed by atoms with E-state index in [4.69, 9.17) is 0 Å². The normalized spacial score (nSPS) is 10.9. The fourth-order valence-electron chi connectivity index (χ4n) is 2.26. The van der Waals surface area contributed by atoms with Crippen LogP contribution in [0.15, 0.2) is 43.0 Å². The van der Waals surface area contributed by atoms with Crippen LogP contribution in [0.2, 0.25) is 0 Å². The second-order valence-corrected chi connectivity index (χ2v) is 5.25. The van der Waals surface area contributed by atoms with E-state index in [9.17, 15) is 4.79 Å². The van der Waals surface area contributed by atoms with Crippen LogP contribution in [0.25, 0.3) is 0 Å². The van der Waals surface area contributed by atoms with Crippen LogP contribution < -0.4 is 0 Å². The van der Waals surface area contributed by atoms with Gasteiger partial charge in [0.05, 0.1) is 12.2 Å². The number of hydrogen-bond donors (Lipinski definition) is 0. The third-order valence-electron chi connectivity index (χ3n) is 3.47. The van der Waals surface area contributed by atoms with Gasteiger partial charge in [-0.1, -0.05) is 0 Å². The van der Waals surface area contributed by atoms with Gasteiger partial charge in [0.15, 0.2) is 0 Å². The van der Waals surface area contributed by atoms with Crippen molar-refractivity contribution in [2.75, 3.05) is 7.05 Å². The summed E-state index contributed by atoms with van der Waals surface area (Å²) in [5.41, 5.74) is 1.27. The van der Waals surface area contributed by atoms with Crippen LogP contribution in [0, 0.1) is 0 Å². The first-order valence-electron chi connectivity index (χ1n) is 7.44. The molecule has 0 aliphatic carbocycles. The maximum absolute atomic E-state index is 12.4. The molecule has 0 spiro atoms. The molecule has 0 aliphatic rings. The summed E-state index contributed by atoms with van der Waals surface area (Å²) in [5.74, 6) is -0.129. The van der Waals surface area contributed by atoms with E-state index in [2.05, 4.69) is 15.3 Å². The highest BCUT2D eigenvalue weighted by Crippen LogP contribution is 2.06. The predicted octanol–water partition coefficient (Wildman–Crippen LogP) is 1.07. The molecule has 0 saturated heterocycles. The van der Waals surface area contributed by atoms with E-state index >= 15 is 0 Å². The molecule has 8 nitrogen and oxygen atoms in total. The van der Waals surface area contributed by atoms with Crippen molar-refractivity contribution < 1.29 is 4.79 Å². The highest BCUT2D eigenvalue weighted by atomic mass is 16.2. The van der Waals surface area contributed by atoms with E-state index in [0.717, 1.165) is 12.2 Å². The summed E-state index contributed by atoms with van der Waals surface area (Å²) in [5, 5.41) is 12.8. The van der Waals surface area contributed by atoms with Crippen molar-refractivity contribution in [3.05, 3.63) is 54.4 Å². The van der Waals surface area contributed by atoms with Gasteiger partial charge in [0.25, 0.3) is 5.91 Å². The Hall–Kier alpha value is -2.90. The van der Waals surface area contributed by atoms with Crippen LogP contribution in [0.1, 0.15) is 23.1 Å². The zero-order valence-corrected chi connectivity index (χ0v) is 13.2. The first-order chi connectivity index (χ1) is 11.2. The number of hydrogen-bond acceptors (Lipinski definition) is 4. The van der Waals surface area contributed by atoms with Crippen molar-refractivity contribution in [1.82, 2.24) is 34.2 Å². The minimum Gasteiger partial charge on any atom is -0.334 e. The summed E-state index contributed by atoms with van der Waals surface area (Å²) in [6.45, 7) is 3.77. The predicted molar refractivity (Wildman–Crippen MR) is 83.6 cm³/mol. The first-order valence-corrected chi connectivity index (χ1v) is 7.44. The summed E-state index contributed by atoms with van der Waals surface area (Å²) in [6.07, 6.45) is 7.24. The number of aryl methyl sites for hydroxylation is 1. The Morgan fingerprint density at radius 3 is 2.65 bits per heavy atom. The Balaban J connectivity index is 1.64. The lowest BCUT2D eigenvalue weighted by Crippen LogP contribution is -2.27. The SMILES string of the molecule is CCn1ccc(CN(C)C(=O)c2ccn(Cn3cccn3)n2)n1. The van der Waals surface area contributed by atoms with E-state index in [-0.39, 0.29) is 5.91 Å². The van der Waals surface area contributed by atoms with Gasteiger partial charge in [0.2, 0.25) is 0 Å². The van der Waals surface area contributed by atoms with Gasteiger partial charge in [-0.2, -0.15) is 15.3 Å². The van der Waals surface area contributed by atoms with Crippen LogP contribution in [-0.2, 0) is 19.8 Å². The molecule has 0 fully saturated rings. The van der Waals surface area contributed by atoms with E-state index in [1.165, 1.54) is 0 Å². The molecule has 3 heterocycles. The Bertz CT molecular complexity index is 771. The zero-order valence-electron chi connectivity index (χ0n) is 13.2. The molecule has 0 aromatic carbocycles. The third-order valence-corrected chi connectivity index (χ3v) is 3.47. The number of rotatable bonds is 6. The van der Waals surface area contributed by atoms with Gasteiger partial charge in [-0.3, -0.25) is 18.8 Å². The van der Waals surface area contributed by atoms with Crippen molar-refractivity contribution in [2.45, 2.75) is 26.7 Å². The molecule has 23 heavy (non-hydrogen) atoms. The molecule has 8 heteroatoms. The van der Waals surface area contributed by atoms with E-state index in [1.807, 2.05) is 36.1 Å². The molecule has 0 radical (unpaired) electrons. The molecule has 0 atom stereocenters. The quantitative estimate of drug-likeness (QED) is 0.682. The van der Waals surface area contributed by atoms with Gasteiger partial charge in [-0.05, 0) is 25.1 Å². The lowest BCUT2D eigenvalue weighted by Gasteiger charge is -2.14. The minimum absolute atomic E-state index is 0.129. The van der Waals surface area contributed by atoms with E-state index in [1.54, 1.807) is 39.8 Å². The zero-order chi connectivity index (χ0) is 16.2. The lowest BCUT2D eigenvalue weighted by atomic mass is 10.3. The van der Waals surface area contributed by atoms with Crippen molar-refractivity contribution in [1.29, 1.82) is 0 Å². The maximum Gasteiger partial charge on any atom is 0.274 e. The van der Waals surface area contributed by atoms with Crippen LogP contribution in [0.5, 0.6) is 0 Å². The molecular formula is C15H19N7O. The van der Waals surface area contributed by atoms with Crippen LogP contribution in [0.4, 0.5) is 0 Å². The molecule has 3 aromatic rings. The second-order valence-electron chi connectivity index (χ2n) is 5.25. The molecule has 0 saturated carbocycles. The fraction of sp³-hybridized carbons (Fsp3) is 0.333. The summed E-state index contributed by atoms with van der Waals surface area (Å²) in [6, 6.07) is 5.48. The summed E-state index contributed by atoms with van der Waals surface area (Å²) >= 11 is 0. The fourth-order valence-corrected chi connectivity index (χ4v) is 2.26. The van der Waals surface area contributed by atoms with Crippen LogP contribution in [-0.4, -0.2) is 47.2 Å². The second kappa shape index (κ2) is 6.47. The summed E-state index contributed by atoms with van der Waals surface area (Å²) in [4.78, 5) is 14.0. The summed E-state index contributed by atoms with van der Waals surface area (Å²) in [7, 11) is 1.75. The molecule has 1 amide bonds. The lowest BCUT2D eigenvalue weighted by molar-refractivity contribution is 0.0776. The summed E-state index contributed by atoms with van der Waals surface area (Å²) < 4.78 is 5.26. The Morgan fingerprint density at radius 1 is 1.13 bits per heavy atom. The molecule has 3 rings (SSSR count). The van der Waals surface area contributed by atoms with Gasteiger partial charge >= 0.3 is 0 Å². The molecule has 0 bridgehead atoms. The number of aromatic nitrogens is 6. The minimum atomic E-state index is -0.129. The van der Waals surface area contributed by atoms with Crippen LogP contribution in [0.3, 0.4) is 0 Å². The maximum atomic E-state index is 12.4. The number of carbonyl (C=O) groups excluding carboxylic acids is 1. The molecular weight excluding hydrogens is 294 g/mol. The van der Waals surface area contributed by atoms with Crippen molar-refractivity contribution in [3.8, 4) is 0 Å². The van der Waals surface area contributed by atoms with Gasteiger partial charge in [0, 0.05) is 38.4 Å². The smallest absolute Gasteiger partial charge is 0.274 e. The number of nitrogens with zero attached hydrogens (tertiary/aromatic N) is 7. The van der Waals surface area contributed by atoms with Gasteiger partial charge in [0.1, 0.15) is 12.4 Å². The molecule has 0 N–H and O–H groups in total. The molecule has 0 aliphatic heterocycles. The van der Waals surface area contributed by atoms with Gasteiger partial charge < -0.3 is 4.90 Å². The van der Waals surface area contributed by atoms with E-state index < -0.39 is 0 Å². The number of carbonyl (C=O) groups is 1. The molecule has 3 aromatic heterocycles. The highest BCUT2D eigenvalue weighted by molar-refractivity contribution is 5.91. The Morgan fingerprint density at radius 2 is 1.96 bits per heavy atom. The standard InChI is InChI=1S/C15H19N7O/c1-3-20-9-5-13(17-20)11-19(2)15(23)14-6-10-22(18-14)12-21-8-4-7-16-21/h4-10H,3,11-12H2,1-2H3. The van der Waals surface area contributed by atoms with E-state index in [0.29, 0.717) is 18.9 Å². The topological polar surface area (TPSA) is 73.8 Å². The first kappa shape index (κ1) is 15.0. The average molecular weight is 313 g/mol. The number of amides is 1. The highest BCUT2D eigenvalue weighted by Gasteiger charge is 2.16. The van der Waals surface area contributed by atoms with Crippen molar-refractivity contribution in [3.63, 3.8) is 0 Å². The Labute approximate surface area is 133 Å².